The Morgan fingerprint density at radius 1 is 1.53 bits per heavy atom. The van der Waals surface area contributed by atoms with Crippen LogP contribution in [0.1, 0.15) is 30.4 Å². The van der Waals surface area contributed by atoms with Crippen molar-refractivity contribution in [1.82, 2.24) is 0 Å². The van der Waals surface area contributed by atoms with Gasteiger partial charge in [-0.1, -0.05) is 24.3 Å². The van der Waals surface area contributed by atoms with Gasteiger partial charge in [0.15, 0.2) is 0 Å². The smallest absolute Gasteiger partial charge is 0.0713 e. The van der Waals surface area contributed by atoms with E-state index in [1.807, 2.05) is 0 Å². The molecule has 0 bridgehead atoms. The van der Waals surface area contributed by atoms with Crippen LogP contribution in [0.25, 0.3) is 0 Å². The third-order valence-electron chi connectivity index (χ3n) is 3.21. The first-order valence-electron chi connectivity index (χ1n) is 5.55. The number of hydrogen-bond acceptors (Lipinski definition) is 2. The average molecular weight is 205 g/mol. The molecule has 1 aromatic rings. The fourth-order valence-electron chi connectivity index (χ4n) is 2.26. The van der Waals surface area contributed by atoms with Crippen LogP contribution in [0.5, 0.6) is 0 Å². The summed E-state index contributed by atoms with van der Waals surface area (Å²) in [6.45, 7) is 2.80. The molecular formula is C13H19NO. The Labute approximate surface area is 91.4 Å². The minimum Gasteiger partial charge on any atom is -0.380 e. The molecule has 82 valence electrons. The topological polar surface area (TPSA) is 35.2 Å². The second-order valence-corrected chi connectivity index (χ2v) is 4.54. The Bertz CT molecular complexity index is 335. The van der Waals surface area contributed by atoms with Gasteiger partial charge in [0.05, 0.1) is 6.61 Å². The SMILES string of the molecule is COCc1cccc(C2CC2C(C)N)c1. The summed E-state index contributed by atoms with van der Waals surface area (Å²) < 4.78 is 5.13. The maximum atomic E-state index is 5.90. The number of hydrogen-bond donors (Lipinski definition) is 1. The van der Waals surface area contributed by atoms with Gasteiger partial charge in [-0.05, 0) is 36.3 Å². The number of nitrogens with two attached hydrogens (primary N) is 1. The molecule has 0 heterocycles. The van der Waals surface area contributed by atoms with Crippen LogP contribution in [0.3, 0.4) is 0 Å². The van der Waals surface area contributed by atoms with Gasteiger partial charge < -0.3 is 10.5 Å². The Morgan fingerprint density at radius 3 is 2.93 bits per heavy atom. The van der Waals surface area contributed by atoms with Gasteiger partial charge in [-0.25, -0.2) is 0 Å². The van der Waals surface area contributed by atoms with Crippen molar-refractivity contribution >= 4 is 0 Å². The Morgan fingerprint density at radius 2 is 2.33 bits per heavy atom. The first-order chi connectivity index (χ1) is 7.22. The first-order valence-corrected chi connectivity index (χ1v) is 5.55. The van der Waals surface area contributed by atoms with Gasteiger partial charge in [-0.2, -0.15) is 0 Å². The monoisotopic (exact) mass is 205 g/mol. The molecule has 15 heavy (non-hydrogen) atoms. The zero-order chi connectivity index (χ0) is 10.8. The normalized spacial score (nSPS) is 26.3. The molecule has 1 saturated carbocycles. The Balaban J connectivity index is 2.07. The fourth-order valence-corrected chi connectivity index (χ4v) is 2.26. The maximum absolute atomic E-state index is 5.90. The quantitative estimate of drug-likeness (QED) is 0.818. The Hall–Kier alpha value is -0.860. The fraction of sp³-hybridized carbons (Fsp3) is 0.538. The van der Waals surface area contributed by atoms with Crippen LogP contribution in [-0.2, 0) is 11.3 Å². The van der Waals surface area contributed by atoms with E-state index in [4.69, 9.17) is 10.5 Å². The molecule has 1 aliphatic carbocycles. The van der Waals surface area contributed by atoms with Crippen LogP contribution in [0.4, 0.5) is 0 Å². The molecule has 1 aromatic carbocycles. The summed E-state index contributed by atoms with van der Waals surface area (Å²) in [6.07, 6.45) is 1.24. The molecule has 1 aliphatic rings. The molecule has 2 nitrogen and oxygen atoms in total. The molecule has 0 amide bonds. The second kappa shape index (κ2) is 4.33. The van der Waals surface area contributed by atoms with Crippen molar-refractivity contribution < 1.29 is 4.74 Å². The molecule has 0 aromatic heterocycles. The highest BCUT2D eigenvalue weighted by atomic mass is 16.5. The van der Waals surface area contributed by atoms with Crippen molar-refractivity contribution in [3.63, 3.8) is 0 Å². The first kappa shape index (κ1) is 10.7. The Kier molecular flexibility index (Phi) is 3.08. The van der Waals surface area contributed by atoms with E-state index in [9.17, 15) is 0 Å². The zero-order valence-corrected chi connectivity index (χ0v) is 9.44. The van der Waals surface area contributed by atoms with Gasteiger partial charge in [-0.3, -0.25) is 0 Å². The van der Waals surface area contributed by atoms with Gasteiger partial charge in [0.25, 0.3) is 0 Å². The van der Waals surface area contributed by atoms with Crippen molar-refractivity contribution in [2.45, 2.75) is 31.9 Å². The van der Waals surface area contributed by atoms with Crippen LogP contribution in [0, 0.1) is 5.92 Å². The number of methoxy groups -OCH3 is 1. The highest BCUT2D eigenvalue weighted by Gasteiger charge is 2.40. The van der Waals surface area contributed by atoms with Crippen LogP contribution >= 0.6 is 0 Å². The number of rotatable bonds is 4. The lowest BCUT2D eigenvalue weighted by molar-refractivity contribution is 0.185. The molecule has 3 atom stereocenters. The van der Waals surface area contributed by atoms with Crippen molar-refractivity contribution in [3.05, 3.63) is 35.4 Å². The summed E-state index contributed by atoms with van der Waals surface area (Å²) in [7, 11) is 1.73. The molecular weight excluding hydrogens is 186 g/mol. The molecule has 2 heteroatoms. The van der Waals surface area contributed by atoms with E-state index in [1.54, 1.807) is 7.11 Å². The summed E-state index contributed by atoms with van der Waals surface area (Å²) in [6, 6.07) is 8.99. The summed E-state index contributed by atoms with van der Waals surface area (Å²) in [5, 5.41) is 0. The van der Waals surface area contributed by atoms with E-state index in [2.05, 4.69) is 31.2 Å². The summed E-state index contributed by atoms with van der Waals surface area (Å²) in [4.78, 5) is 0. The van der Waals surface area contributed by atoms with Gasteiger partial charge in [0, 0.05) is 13.2 Å². The predicted molar refractivity (Wildman–Crippen MR) is 61.7 cm³/mol. The lowest BCUT2D eigenvalue weighted by Gasteiger charge is -2.06. The van der Waals surface area contributed by atoms with Crippen molar-refractivity contribution in [1.29, 1.82) is 0 Å². The van der Waals surface area contributed by atoms with Gasteiger partial charge in [0.2, 0.25) is 0 Å². The van der Waals surface area contributed by atoms with Crippen molar-refractivity contribution in [2.24, 2.45) is 11.7 Å². The van der Waals surface area contributed by atoms with E-state index in [0.717, 1.165) is 0 Å². The molecule has 0 radical (unpaired) electrons. The van der Waals surface area contributed by atoms with Crippen molar-refractivity contribution in [3.8, 4) is 0 Å². The van der Waals surface area contributed by atoms with Gasteiger partial charge >= 0.3 is 0 Å². The van der Waals surface area contributed by atoms with Gasteiger partial charge in [0.1, 0.15) is 0 Å². The summed E-state index contributed by atoms with van der Waals surface area (Å²) in [5.41, 5.74) is 8.58. The number of benzene rings is 1. The minimum absolute atomic E-state index is 0.320. The van der Waals surface area contributed by atoms with E-state index in [1.165, 1.54) is 17.5 Å². The molecule has 2 N–H and O–H groups in total. The predicted octanol–water partition coefficient (Wildman–Crippen LogP) is 2.28. The highest BCUT2D eigenvalue weighted by Crippen LogP contribution is 2.48. The zero-order valence-electron chi connectivity index (χ0n) is 9.44. The molecule has 0 spiro atoms. The van der Waals surface area contributed by atoms with E-state index < -0.39 is 0 Å². The van der Waals surface area contributed by atoms with Gasteiger partial charge in [-0.15, -0.1) is 0 Å². The minimum atomic E-state index is 0.320. The van der Waals surface area contributed by atoms with Crippen LogP contribution in [-0.4, -0.2) is 13.2 Å². The lowest BCUT2D eigenvalue weighted by Crippen LogP contribution is -2.17. The third-order valence-corrected chi connectivity index (χ3v) is 3.21. The number of ether oxygens (including phenoxy) is 1. The molecule has 0 saturated heterocycles. The maximum Gasteiger partial charge on any atom is 0.0713 e. The third kappa shape index (κ3) is 2.39. The second-order valence-electron chi connectivity index (χ2n) is 4.54. The molecule has 2 rings (SSSR count). The average Bonchev–Trinajstić information content (AvgIpc) is 2.98. The summed E-state index contributed by atoms with van der Waals surface area (Å²) >= 11 is 0. The molecule has 1 fully saturated rings. The van der Waals surface area contributed by atoms with E-state index in [-0.39, 0.29) is 0 Å². The summed E-state index contributed by atoms with van der Waals surface area (Å²) in [5.74, 6) is 1.37. The lowest BCUT2D eigenvalue weighted by atomic mass is 10.0. The van der Waals surface area contributed by atoms with E-state index in [0.29, 0.717) is 24.5 Å². The highest BCUT2D eigenvalue weighted by molar-refractivity contribution is 5.30. The molecule has 0 aliphatic heterocycles. The largest absolute Gasteiger partial charge is 0.380 e. The van der Waals surface area contributed by atoms with Crippen LogP contribution in [0.15, 0.2) is 24.3 Å². The standard InChI is InChI=1S/C13H19NO/c1-9(14)12-7-13(12)11-5-3-4-10(6-11)8-15-2/h3-6,9,12-13H,7-8,14H2,1-2H3. The van der Waals surface area contributed by atoms with Crippen molar-refractivity contribution in [2.75, 3.05) is 7.11 Å². The van der Waals surface area contributed by atoms with Crippen LogP contribution in [0.2, 0.25) is 0 Å². The van der Waals surface area contributed by atoms with E-state index >= 15 is 0 Å². The van der Waals surface area contributed by atoms with Crippen LogP contribution < -0.4 is 5.73 Å². The molecule has 3 unspecified atom stereocenters.